The van der Waals surface area contributed by atoms with Crippen LogP contribution in [-0.2, 0) is 13.2 Å². The second kappa shape index (κ2) is 8.68. The lowest BCUT2D eigenvalue weighted by Crippen LogP contribution is -2.30. The van der Waals surface area contributed by atoms with E-state index >= 15 is 0 Å². The maximum Gasteiger partial charge on any atom is 0.124 e. The van der Waals surface area contributed by atoms with Gasteiger partial charge in [-0.15, -0.1) is 0 Å². The highest BCUT2D eigenvalue weighted by Crippen LogP contribution is 2.25. The minimum Gasteiger partial charge on any atom is -0.489 e. The summed E-state index contributed by atoms with van der Waals surface area (Å²) in [6.45, 7) is 3.61. The van der Waals surface area contributed by atoms with Crippen LogP contribution in [0.5, 0.6) is 5.75 Å². The minimum atomic E-state index is 0.616. The first kappa shape index (κ1) is 17.5. The fourth-order valence-corrected chi connectivity index (χ4v) is 3.72. The van der Waals surface area contributed by atoms with E-state index in [4.69, 9.17) is 4.74 Å². The van der Waals surface area contributed by atoms with Gasteiger partial charge >= 0.3 is 0 Å². The molecule has 1 fully saturated rings. The van der Waals surface area contributed by atoms with Crippen LogP contribution in [0.25, 0.3) is 0 Å². The molecule has 0 radical (unpaired) electrons. The van der Waals surface area contributed by atoms with Gasteiger partial charge in [0.05, 0.1) is 0 Å². The van der Waals surface area contributed by atoms with Gasteiger partial charge in [-0.05, 0) is 49.1 Å². The Hall–Kier alpha value is -1.32. The number of aryl methyl sites for hydroxylation is 1. The van der Waals surface area contributed by atoms with Crippen molar-refractivity contribution in [1.82, 2.24) is 5.32 Å². The Morgan fingerprint density at radius 3 is 2.62 bits per heavy atom. The molecular formula is C21H26BrNO. The summed E-state index contributed by atoms with van der Waals surface area (Å²) in [6.07, 6.45) is 6.69. The Kier molecular flexibility index (Phi) is 6.33. The molecule has 1 saturated carbocycles. The number of benzene rings is 2. The minimum absolute atomic E-state index is 0.616. The average Bonchev–Trinajstić information content (AvgIpc) is 2.61. The Morgan fingerprint density at radius 2 is 1.83 bits per heavy atom. The number of hydrogen-bond acceptors (Lipinski definition) is 2. The molecule has 128 valence electrons. The normalized spacial score (nSPS) is 15.4. The van der Waals surface area contributed by atoms with Crippen LogP contribution < -0.4 is 10.1 Å². The van der Waals surface area contributed by atoms with E-state index in [0.29, 0.717) is 12.6 Å². The molecule has 0 aliphatic heterocycles. The van der Waals surface area contributed by atoms with E-state index in [-0.39, 0.29) is 0 Å². The van der Waals surface area contributed by atoms with Gasteiger partial charge in [0.2, 0.25) is 0 Å². The Balaban J connectivity index is 1.65. The van der Waals surface area contributed by atoms with E-state index in [1.165, 1.54) is 48.8 Å². The fraction of sp³-hybridized carbons (Fsp3) is 0.429. The summed E-state index contributed by atoms with van der Waals surface area (Å²) in [6, 6.07) is 15.3. The van der Waals surface area contributed by atoms with Gasteiger partial charge < -0.3 is 10.1 Å². The topological polar surface area (TPSA) is 21.3 Å². The van der Waals surface area contributed by atoms with Crippen LogP contribution in [0.2, 0.25) is 0 Å². The highest BCUT2D eigenvalue weighted by molar-refractivity contribution is 9.10. The maximum atomic E-state index is 6.14. The van der Waals surface area contributed by atoms with Gasteiger partial charge in [-0.1, -0.05) is 59.5 Å². The van der Waals surface area contributed by atoms with Crippen molar-refractivity contribution in [1.29, 1.82) is 0 Å². The molecule has 1 N–H and O–H groups in total. The lowest BCUT2D eigenvalue weighted by Gasteiger charge is -2.23. The second-order valence-electron chi connectivity index (χ2n) is 6.68. The van der Waals surface area contributed by atoms with Gasteiger partial charge in [0, 0.05) is 22.6 Å². The molecule has 0 aromatic heterocycles. The van der Waals surface area contributed by atoms with Crippen molar-refractivity contribution < 1.29 is 4.74 Å². The molecule has 0 amide bonds. The van der Waals surface area contributed by atoms with Crippen molar-refractivity contribution in [3.63, 3.8) is 0 Å². The molecule has 3 heteroatoms. The predicted octanol–water partition coefficient (Wildman–Crippen LogP) is 5.76. The molecule has 0 bridgehead atoms. The van der Waals surface area contributed by atoms with E-state index in [2.05, 4.69) is 70.6 Å². The summed E-state index contributed by atoms with van der Waals surface area (Å²) >= 11 is 3.59. The molecule has 0 unspecified atom stereocenters. The first-order valence-corrected chi connectivity index (χ1v) is 9.71. The van der Waals surface area contributed by atoms with E-state index < -0.39 is 0 Å². The maximum absolute atomic E-state index is 6.14. The number of halogens is 1. The van der Waals surface area contributed by atoms with Crippen molar-refractivity contribution in [2.75, 3.05) is 0 Å². The SMILES string of the molecule is Cc1ccccc1COc1ccc(Br)cc1CNC1CCCCC1. The van der Waals surface area contributed by atoms with E-state index in [1.807, 2.05) is 0 Å². The molecule has 2 nitrogen and oxygen atoms in total. The largest absolute Gasteiger partial charge is 0.489 e. The Labute approximate surface area is 153 Å². The monoisotopic (exact) mass is 387 g/mol. The number of rotatable bonds is 6. The molecule has 1 aliphatic rings. The summed E-state index contributed by atoms with van der Waals surface area (Å²) in [4.78, 5) is 0. The quantitative estimate of drug-likeness (QED) is 0.680. The molecular weight excluding hydrogens is 362 g/mol. The second-order valence-corrected chi connectivity index (χ2v) is 7.60. The zero-order valence-electron chi connectivity index (χ0n) is 14.4. The van der Waals surface area contributed by atoms with Crippen LogP contribution >= 0.6 is 15.9 Å². The predicted molar refractivity (Wildman–Crippen MR) is 103 cm³/mol. The molecule has 0 atom stereocenters. The van der Waals surface area contributed by atoms with Crippen LogP contribution in [0.4, 0.5) is 0 Å². The van der Waals surface area contributed by atoms with Gasteiger partial charge in [0.25, 0.3) is 0 Å². The molecule has 1 aliphatic carbocycles. The molecule has 0 saturated heterocycles. The zero-order chi connectivity index (χ0) is 16.8. The lowest BCUT2D eigenvalue weighted by atomic mass is 9.95. The smallest absolute Gasteiger partial charge is 0.124 e. The first-order chi connectivity index (χ1) is 11.7. The van der Waals surface area contributed by atoms with Gasteiger partial charge in [0.1, 0.15) is 12.4 Å². The van der Waals surface area contributed by atoms with Gasteiger partial charge in [-0.3, -0.25) is 0 Å². The van der Waals surface area contributed by atoms with Crippen molar-refractivity contribution in [2.45, 2.75) is 58.2 Å². The number of nitrogens with one attached hydrogen (secondary N) is 1. The summed E-state index contributed by atoms with van der Waals surface area (Å²) in [5.41, 5.74) is 3.74. The van der Waals surface area contributed by atoms with Gasteiger partial charge in [-0.25, -0.2) is 0 Å². The van der Waals surface area contributed by atoms with Crippen molar-refractivity contribution in [3.8, 4) is 5.75 Å². The third-order valence-corrected chi connectivity index (χ3v) is 5.35. The van der Waals surface area contributed by atoms with Crippen LogP contribution in [0.3, 0.4) is 0 Å². The number of ether oxygens (including phenoxy) is 1. The van der Waals surface area contributed by atoms with Crippen molar-refractivity contribution in [3.05, 3.63) is 63.6 Å². The van der Waals surface area contributed by atoms with Crippen LogP contribution in [-0.4, -0.2) is 6.04 Å². The highest BCUT2D eigenvalue weighted by Gasteiger charge is 2.14. The Morgan fingerprint density at radius 1 is 1.04 bits per heavy atom. The average molecular weight is 388 g/mol. The van der Waals surface area contributed by atoms with Crippen LogP contribution in [0.1, 0.15) is 48.8 Å². The molecule has 2 aromatic rings. The standard InChI is InChI=1S/C21H26BrNO/c1-16-7-5-6-8-17(16)15-24-21-12-11-19(22)13-18(21)14-23-20-9-3-2-4-10-20/h5-8,11-13,20,23H,2-4,9-10,14-15H2,1H3. The van der Waals surface area contributed by atoms with E-state index in [1.54, 1.807) is 0 Å². The molecule has 24 heavy (non-hydrogen) atoms. The first-order valence-electron chi connectivity index (χ1n) is 8.91. The summed E-state index contributed by atoms with van der Waals surface area (Å²) in [5.74, 6) is 0.977. The summed E-state index contributed by atoms with van der Waals surface area (Å²) < 4.78 is 7.24. The van der Waals surface area contributed by atoms with E-state index in [0.717, 1.165) is 16.8 Å². The van der Waals surface area contributed by atoms with Crippen LogP contribution in [0.15, 0.2) is 46.9 Å². The Bertz CT molecular complexity index is 665. The van der Waals surface area contributed by atoms with Crippen molar-refractivity contribution in [2.24, 2.45) is 0 Å². The molecule has 2 aromatic carbocycles. The summed E-state index contributed by atoms with van der Waals surface area (Å²) in [7, 11) is 0. The highest BCUT2D eigenvalue weighted by atomic mass is 79.9. The van der Waals surface area contributed by atoms with Crippen molar-refractivity contribution >= 4 is 15.9 Å². The third kappa shape index (κ3) is 4.84. The molecule has 0 spiro atoms. The third-order valence-electron chi connectivity index (χ3n) is 4.85. The number of hydrogen-bond donors (Lipinski definition) is 1. The van der Waals surface area contributed by atoms with Crippen LogP contribution in [0, 0.1) is 6.92 Å². The zero-order valence-corrected chi connectivity index (χ0v) is 15.9. The van der Waals surface area contributed by atoms with Gasteiger partial charge in [-0.2, -0.15) is 0 Å². The summed E-state index contributed by atoms with van der Waals surface area (Å²) in [5, 5.41) is 3.71. The fourth-order valence-electron chi connectivity index (χ4n) is 3.32. The van der Waals surface area contributed by atoms with E-state index in [9.17, 15) is 0 Å². The molecule has 3 rings (SSSR count). The lowest BCUT2D eigenvalue weighted by molar-refractivity contribution is 0.299. The van der Waals surface area contributed by atoms with Gasteiger partial charge in [0.15, 0.2) is 0 Å². The molecule has 0 heterocycles.